The fraction of sp³-hybridized carbons (Fsp3) is 0.500. The van der Waals surface area contributed by atoms with Crippen LogP contribution >= 0.6 is 0 Å². The summed E-state index contributed by atoms with van der Waals surface area (Å²) >= 11 is 0. The van der Waals surface area contributed by atoms with Gasteiger partial charge in [0.2, 0.25) is 5.91 Å². The number of hydrazine groups is 1. The highest BCUT2D eigenvalue weighted by atomic mass is 32.2. The number of ether oxygens (including phenoxy) is 1. The summed E-state index contributed by atoms with van der Waals surface area (Å²) in [6, 6.07) is 5.20. The minimum Gasteiger partial charge on any atom is -0.491 e. The second kappa shape index (κ2) is 7.01. The monoisotopic (exact) mass is 366 g/mol. The molecule has 8 nitrogen and oxygen atoms in total. The van der Waals surface area contributed by atoms with Crippen molar-refractivity contribution in [2.75, 3.05) is 13.2 Å². The van der Waals surface area contributed by atoms with E-state index in [-0.39, 0.29) is 23.5 Å². The van der Waals surface area contributed by atoms with Gasteiger partial charge in [0, 0.05) is 13.0 Å². The average Bonchev–Trinajstić information content (AvgIpc) is 2.58. The van der Waals surface area contributed by atoms with Crippen LogP contribution < -0.4 is 15.9 Å². The number of nitrogens with two attached hydrogens (primary N) is 1. The summed E-state index contributed by atoms with van der Waals surface area (Å²) in [5.74, 6) is 0.342. The largest absolute Gasteiger partial charge is 0.491 e. The van der Waals surface area contributed by atoms with E-state index in [1.54, 1.807) is 23.2 Å². The minimum atomic E-state index is -3.57. The van der Waals surface area contributed by atoms with Crippen molar-refractivity contribution >= 4 is 21.8 Å². The number of nitrogens with one attached hydrogen (secondary N) is 1. The number of carbonyl (C=O) groups excluding carboxylic acids is 1. The zero-order chi connectivity index (χ0) is 18.0. The number of amides is 1. The third kappa shape index (κ3) is 3.93. The van der Waals surface area contributed by atoms with Gasteiger partial charge in [-0.05, 0) is 24.5 Å². The predicted octanol–water partition coefficient (Wildman–Crippen LogP) is 0.520. The number of hydrogen-bond donors (Lipinski definition) is 2. The number of amidine groups is 1. The maximum Gasteiger partial charge on any atom is 0.259 e. The molecule has 1 atom stereocenters. The van der Waals surface area contributed by atoms with Crippen LogP contribution in [0.1, 0.15) is 37.3 Å². The van der Waals surface area contributed by atoms with Crippen LogP contribution in [0.4, 0.5) is 0 Å². The van der Waals surface area contributed by atoms with Crippen LogP contribution in [0.2, 0.25) is 0 Å². The van der Waals surface area contributed by atoms with Gasteiger partial charge in [-0.3, -0.25) is 9.80 Å². The Labute approximate surface area is 147 Å². The molecule has 0 radical (unpaired) electrons. The Morgan fingerprint density at radius 2 is 2.28 bits per heavy atom. The molecular weight excluding hydrogens is 344 g/mol. The number of sulfonamides is 1. The lowest BCUT2D eigenvalue weighted by Gasteiger charge is -2.33. The molecule has 1 aromatic carbocycles. The van der Waals surface area contributed by atoms with Gasteiger partial charge in [-0.1, -0.05) is 19.1 Å². The van der Waals surface area contributed by atoms with Crippen molar-refractivity contribution in [2.24, 2.45) is 10.1 Å². The number of nitrogens with zero attached hydrogens (tertiary/aromatic N) is 2. The van der Waals surface area contributed by atoms with Crippen LogP contribution in [0.3, 0.4) is 0 Å². The first kappa shape index (κ1) is 17.7. The Balaban J connectivity index is 1.72. The first-order valence-corrected chi connectivity index (χ1v) is 9.90. The average molecular weight is 366 g/mol. The van der Waals surface area contributed by atoms with Crippen LogP contribution in [0.15, 0.2) is 22.6 Å². The summed E-state index contributed by atoms with van der Waals surface area (Å²) in [5.41, 5.74) is 10.1. The van der Waals surface area contributed by atoms with E-state index in [9.17, 15) is 13.2 Å². The molecule has 0 saturated carbocycles. The van der Waals surface area contributed by atoms with Crippen LogP contribution in [0, 0.1) is 0 Å². The molecule has 0 unspecified atom stereocenters. The van der Waals surface area contributed by atoms with E-state index >= 15 is 0 Å². The molecule has 136 valence electrons. The highest BCUT2D eigenvalue weighted by molar-refractivity contribution is 7.89. The summed E-state index contributed by atoms with van der Waals surface area (Å²) in [5, 5.41) is 1.64. The molecule has 0 aliphatic carbocycles. The second-order valence-corrected chi connectivity index (χ2v) is 7.81. The zero-order valence-corrected chi connectivity index (χ0v) is 14.9. The predicted molar refractivity (Wildman–Crippen MR) is 93.4 cm³/mol. The summed E-state index contributed by atoms with van der Waals surface area (Å²) in [4.78, 5) is 11.8. The molecule has 25 heavy (non-hydrogen) atoms. The fourth-order valence-electron chi connectivity index (χ4n) is 3.08. The van der Waals surface area contributed by atoms with Gasteiger partial charge in [0.25, 0.3) is 10.0 Å². The summed E-state index contributed by atoms with van der Waals surface area (Å²) in [6.07, 6.45) is 2.25. The molecule has 1 aromatic rings. The quantitative estimate of drug-likeness (QED) is 0.803. The first-order valence-electron chi connectivity index (χ1n) is 8.29. The van der Waals surface area contributed by atoms with E-state index in [0.717, 1.165) is 12.8 Å². The number of fused-ring (bicyclic) bond motifs is 1. The molecule has 2 heterocycles. The zero-order valence-electron chi connectivity index (χ0n) is 14.1. The van der Waals surface area contributed by atoms with E-state index < -0.39 is 10.0 Å². The molecule has 1 saturated heterocycles. The van der Waals surface area contributed by atoms with Gasteiger partial charge >= 0.3 is 0 Å². The van der Waals surface area contributed by atoms with Crippen molar-refractivity contribution in [2.45, 2.75) is 38.0 Å². The standard InChI is InChI=1S/C16H22N4O4S/c1-2-14(21)20-8-4-6-12(18-20)9-24-13-7-3-5-11-10-25(22,23)19-16(17)15(11)13/h3,5,7,12,18H,2,4,6,8-10H2,1H3,(H2,17,19)/t12-/m1/s1. The number of carbonyl (C=O) groups is 1. The van der Waals surface area contributed by atoms with Crippen LogP contribution in [0.25, 0.3) is 0 Å². The molecule has 1 fully saturated rings. The Morgan fingerprint density at radius 3 is 3.04 bits per heavy atom. The molecular formula is C16H22N4O4S. The molecule has 0 bridgehead atoms. The smallest absolute Gasteiger partial charge is 0.259 e. The van der Waals surface area contributed by atoms with Crippen molar-refractivity contribution in [3.8, 4) is 5.75 Å². The van der Waals surface area contributed by atoms with E-state index in [2.05, 4.69) is 9.82 Å². The van der Waals surface area contributed by atoms with Gasteiger partial charge in [-0.15, -0.1) is 4.40 Å². The lowest BCUT2D eigenvalue weighted by Crippen LogP contribution is -2.54. The van der Waals surface area contributed by atoms with Crippen molar-refractivity contribution in [1.82, 2.24) is 10.4 Å². The third-order valence-corrected chi connectivity index (χ3v) is 5.41. The summed E-state index contributed by atoms with van der Waals surface area (Å²) in [7, 11) is -3.57. The molecule has 1 amide bonds. The molecule has 2 aliphatic heterocycles. The molecule has 0 aromatic heterocycles. The number of benzene rings is 1. The lowest BCUT2D eigenvalue weighted by atomic mass is 10.1. The maximum atomic E-state index is 11.8. The fourth-order valence-corrected chi connectivity index (χ4v) is 4.17. The Morgan fingerprint density at radius 1 is 1.48 bits per heavy atom. The third-order valence-electron chi connectivity index (χ3n) is 4.26. The van der Waals surface area contributed by atoms with Gasteiger partial charge in [0.15, 0.2) is 0 Å². The number of hydrogen-bond acceptors (Lipinski definition) is 6. The highest BCUT2D eigenvalue weighted by Gasteiger charge is 2.26. The topological polar surface area (TPSA) is 114 Å². The highest BCUT2D eigenvalue weighted by Crippen LogP contribution is 2.28. The Hall–Kier alpha value is -2.13. The van der Waals surface area contributed by atoms with Crippen molar-refractivity contribution in [1.29, 1.82) is 0 Å². The summed E-state index contributed by atoms with van der Waals surface area (Å²) in [6.45, 7) is 2.88. The van der Waals surface area contributed by atoms with Crippen LogP contribution in [0.5, 0.6) is 5.75 Å². The molecule has 9 heteroatoms. The van der Waals surface area contributed by atoms with Gasteiger partial charge in [0.1, 0.15) is 18.2 Å². The minimum absolute atomic E-state index is 0.00518. The van der Waals surface area contributed by atoms with E-state index in [1.165, 1.54) is 0 Å². The van der Waals surface area contributed by atoms with Crippen LogP contribution in [-0.2, 0) is 20.6 Å². The summed E-state index contributed by atoms with van der Waals surface area (Å²) < 4.78 is 32.9. The van der Waals surface area contributed by atoms with Gasteiger partial charge in [-0.2, -0.15) is 0 Å². The Kier molecular flexibility index (Phi) is 4.96. The van der Waals surface area contributed by atoms with Crippen molar-refractivity contribution < 1.29 is 17.9 Å². The second-order valence-electron chi connectivity index (χ2n) is 6.17. The van der Waals surface area contributed by atoms with E-state index in [4.69, 9.17) is 10.5 Å². The van der Waals surface area contributed by atoms with E-state index in [0.29, 0.717) is 36.4 Å². The van der Waals surface area contributed by atoms with Gasteiger partial charge in [-0.25, -0.2) is 13.8 Å². The molecule has 3 N–H and O–H groups in total. The van der Waals surface area contributed by atoms with Crippen molar-refractivity contribution in [3.63, 3.8) is 0 Å². The van der Waals surface area contributed by atoms with Gasteiger partial charge < -0.3 is 10.5 Å². The maximum absolute atomic E-state index is 11.8. The molecule has 2 aliphatic rings. The normalized spacial score (nSPS) is 22.0. The molecule has 0 spiro atoms. The van der Waals surface area contributed by atoms with Gasteiger partial charge in [0.05, 0.1) is 17.4 Å². The molecule has 3 rings (SSSR count). The first-order chi connectivity index (χ1) is 11.9. The SMILES string of the molecule is CCC(=O)N1CCC[C@H](COc2cccc3c2C(N)=NS(=O)(=O)C3)N1. The Bertz CT molecular complexity index is 806. The van der Waals surface area contributed by atoms with Crippen LogP contribution in [-0.4, -0.2) is 44.4 Å². The van der Waals surface area contributed by atoms with Crippen molar-refractivity contribution in [3.05, 3.63) is 29.3 Å². The lowest BCUT2D eigenvalue weighted by molar-refractivity contribution is -0.136. The number of rotatable bonds is 4. The van der Waals surface area contributed by atoms with E-state index in [1.807, 2.05) is 6.92 Å².